The third-order valence-electron chi connectivity index (χ3n) is 4.57. The molecule has 2 aliphatic rings. The molecular weight excluding hydrogens is 184 g/mol. The zero-order valence-corrected chi connectivity index (χ0v) is 10.2. The molecule has 88 valence electrons. The first-order chi connectivity index (χ1) is 7.30. The first kappa shape index (κ1) is 11.4. The molecule has 1 saturated heterocycles. The van der Waals surface area contributed by atoms with E-state index in [4.69, 9.17) is 5.73 Å². The molecule has 0 aromatic rings. The van der Waals surface area contributed by atoms with Gasteiger partial charge in [0.25, 0.3) is 0 Å². The summed E-state index contributed by atoms with van der Waals surface area (Å²) in [7, 11) is 0. The lowest BCUT2D eigenvalue weighted by Crippen LogP contribution is -2.50. The number of rotatable bonds is 4. The van der Waals surface area contributed by atoms with Gasteiger partial charge in [0.05, 0.1) is 0 Å². The molecule has 2 N–H and O–H groups in total. The summed E-state index contributed by atoms with van der Waals surface area (Å²) in [4.78, 5) is 2.72. The van der Waals surface area contributed by atoms with Crippen LogP contribution in [-0.2, 0) is 0 Å². The van der Waals surface area contributed by atoms with E-state index >= 15 is 0 Å². The van der Waals surface area contributed by atoms with Gasteiger partial charge in [-0.15, -0.1) is 0 Å². The maximum atomic E-state index is 6.03. The van der Waals surface area contributed by atoms with Gasteiger partial charge in [-0.2, -0.15) is 0 Å². The van der Waals surface area contributed by atoms with Crippen LogP contribution in [0.15, 0.2) is 0 Å². The molecule has 2 heteroatoms. The molecule has 15 heavy (non-hydrogen) atoms. The Balaban J connectivity index is 1.93. The van der Waals surface area contributed by atoms with Crippen molar-refractivity contribution < 1.29 is 0 Å². The summed E-state index contributed by atoms with van der Waals surface area (Å²) >= 11 is 0. The van der Waals surface area contributed by atoms with Crippen LogP contribution in [0.3, 0.4) is 0 Å². The van der Waals surface area contributed by atoms with Crippen molar-refractivity contribution in [1.82, 2.24) is 4.90 Å². The smallest absolute Gasteiger partial charge is 0.0331 e. The van der Waals surface area contributed by atoms with Gasteiger partial charge in [-0.1, -0.05) is 26.2 Å². The van der Waals surface area contributed by atoms with Gasteiger partial charge in [0.15, 0.2) is 0 Å². The summed E-state index contributed by atoms with van der Waals surface area (Å²) < 4.78 is 0. The Morgan fingerprint density at radius 3 is 2.67 bits per heavy atom. The number of likely N-dealkylation sites (tertiary alicyclic amines) is 1. The van der Waals surface area contributed by atoms with E-state index in [0.29, 0.717) is 5.54 Å². The Bertz CT molecular complexity index is 197. The van der Waals surface area contributed by atoms with E-state index in [1.807, 2.05) is 0 Å². The van der Waals surface area contributed by atoms with Crippen molar-refractivity contribution in [1.29, 1.82) is 0 Å². The highest BCUT2D eigenvalue weighted by Gasteiger charge is 2.41. The fourth-order valence-corrected chi connectivity index (χ4v) is 3.59. The highest BCUT2D eigenvalue weighted by molar-refractivity contribution is 4.98. The first-order valence-corrected chi connectivity index (χ1v) is 6.76. The minimum Gasteiger partial charge on any atom is -0.329 e. The average molecular weight is 210 g/mol. The SMILES string of the molecule is CCCC1CCN(C2(CN)CCCC2)C1. The molecule has 1 aliphatic heterocycles. The zero-order chi connectivity index (χ0) is 10.7. The summed E-state index contributed by atoms with van der Waals surface area (Å²) in [6.45, 7) is 5.82. The van der Waals surface area contributed by atoms with Gasteiger partial charge in [-0.05, 0) is 38.1 Å². The monoisotopic (exact) mass is 210 g/mol. The molecule has 0 aromatic heterocycles. The van der Waals surface area contributed by atoms with Crippen molar-refractivity contribution in [2.45, 2.75) is 57.4 Å². The van der Waals surface area contributed by atoms with Crippen molar-refractivity contribution in [3.05, 3.63) is 0 Å². The minimum absolute atomic E-state index is 0.405. The van der Waals surface area contributed by atoms with Gasteiger partial charge in [0, 0.05) is 18.6 Å². The van der Waals surface area contributed by atoms with Gasteiger partial charge in [0.2, 0.25) is 0 Å². The van der Waals surface area contributed by atoms with E-state index in [-0.39, 0.29) is 0 Å². The summed E-state index contributed by atoms with van der Waals surface area (Å²) in [6.07, 6.45) is 9.66. The van der Waals surface area contributed by atoms with Gasteiger partial charge in [-0.3, -0.25) is 4.90 Å². The van der Waals surface area contributed by atoms with E-state index in [9.17, 15) is 0 Å². The van der Waals surface area contributed by atoms with Crippen LogP contribution >= 0.6 is 0 Å². The molecule has 0 radical (unpaired) electrons. The molecule has 1 unspecified atom stereocenters. The Hall–Kier alpha value is -0.0800. The molecule has 2 rings (SSSR count). The Kier molecular flexibility index (Phi) is 3.68. The number of hydrogen-bond acceptors (Lipinski definition) is 2. The summed E-state index contributed by atoms with van der Waals surface area (Å²) in [5.41, 5.74) is 6.43. The van der Waals surface area contributed by atoms with E-state index in [1.54, 1.807) is 0 Å². The third-order valence-corrected chi connectivity index (χ3v) is 4.57. The Morgan fingerprint density at radius 2 is 2.07 bits per heavy atom. The lowest BCUT2D eigenvalue weighted by Gasteiger charge is -2.38. The summed E-state index contributed by atoms with van der Waals surface area (Å²) in [5.74, 6) is 0.957. The fraction of sp³-hybridized carbons (Fsp3) is 1.00. The molecular formula is C13H26N2. The maximum Gasteiger partial charge on any atom is 0.0331 e. The van der Waals surface area contributed by atoms with E-state index in [1.165, 1.54) is 58.0 Å². The summed E-state index contributed by atoms with van der Waals surface area (Å²) in [5, 5.41) is 0. The van der Waals surface area contributed by atoms with Crippen LogP contribution in [-0.4, -0.2) is 30.1 Å². The van der Waals surface area contributed by atoms with Crippen molar-refractivity contribution in [3.63, 3.8) is 0 Å². The second-order valence-electron chi connectivity index (χ2n) is 5.52. The topological polar surface area (TPSA) is 29.3 Å². The van der Waals surface area contributed by atoms with E-state index in [2.05, 4.69) is 11.8 Å². The van der Waals surface area contributed by atoms with Crippen molar-refractivity contribution >= 4 is 0 Å². The first-order valence-electron chi connectivity index (χ1n) is 6.76. The molecule has 1 heterocycles. The van der Waals surface area contributed by atoms with Crippen LogP contribution in [0, 0.1) is 5.92 Å². The fourth-order valence-electron chi connectivity index (χ4n) is 3.59. The normalized spacial score (nSPS) is 31.2. The van der Waals surface area contributed by atoms with Crippen molar-refractivity contribution in [2.24, 2.45) is 11.7 Å². The van der Waals surface area contributed by atoms with Crippen molar-refractivity contribution in [3.8, 4) is 0 Å². The largest absolute Gasteiger partial charge is 0.329 e. The quantitative estimate of drug-likeness (QED) is 0.772. The van der Waals surface area contributed by atoms with Crippen LogP contribution in [0.1, 0.15) is 51.9 Å². The van der Waals surface area contributed by atoms with Crippen LogP contribution in [0.2, 0.25) is 0 Å². The molecule has 0 amide bonds. The number of nitrogens with zero attached hydrogens (tertiary/aromatic N) is 1. The van der Waals surface area contributed by atoms with Gasteiger partial charge < -0.3 is 5.73 Å². The van der Waals surface area contributed by atoms with E-state index < -0.39 is 0 Å². The second-order valence-corrected chi connectivity index (χ2v) is 5.52. The third kappa shape index (κ3) is 2.21. The molecule has 0 aromatic carbocycles. The Labute approximate surface area is 94.2 Å². The van der Waals surface area contributed by atoms with Crippen LogP contribution in [0.5, 0.6) is 0 Å². The molecule has 0 spiro atoms. The lowest BCUT2D eigenvalue weighted by atomic mass is 9.95. The predicted octanol–water partition coefficient (Wildman–Crippen LogP) is 2.38. The maximum absolute atomic E-state index is 6.03. The van der Waals surface area contributed by atoms with Gasteiger partial charge in [-0.25, -0.2) is 0 Å². The predicted molar refractivity (Wildman–Crippen MR) is 64.8 cm³/mol. The molecule has 0 bridgehead atoms. The molecule has 1 atom stereocenters. The lowest BCUT2D eigenvalue weighted by molar-refractivity contribution is 0.124. The molecule has 2 nitrogen and oxygen atoms in total. The van der Waals surface area contributed by atoms with Gasteiger partial charge >= 0.3 is 0 Å². The van der Waals surface area contributed by atoms with Crippen molar-refractivity contribution in [2.75, 3.05) is 19.6 Å². The zero-order valence-electron chi connectivity index (χ0n) is 10.2. The Morgan fingerprint density at radius 1 is 1.33 bits per heavy atom. The van der Waals surface area contributed by atoms with Gasteiger partial charge in [0.1, 0.15) is 0 Å². The van der Waals surface area contributed by atoms with E-state index in [0.717, 1.165) is 12.5 Å². The molecule has 1 aliphatic carbocycles. The number of nitrogens with two attached hydrogens (primary N) is 1. The molecule has 2 fully saturated rings. The summed E-state index contributed by atoms with van der Waals surface area (Å²) in [6, 6.07) is 0. The minimum atomic E-state index is 0.405. The number of hydrogen-bond donors (Lipinski definition) is 1. The standard InChI is InChI=1S/C13H26N2/c1-2-5-12-6-9-15(10-12)13(11-14)7-3-4-8-13/h12H,2-11,14H2,1H3. The highest BCUT2D eigenvalue weighted by atomic mass is 15.2. The molecule has 1 saturated carbocycles. The second kappa shape index (κ2) is 4.84. The average Bonchev–Trinajstić information content (AvgIpc) is 2.86. The van der Waals surface area contributed by atoms with Crippen LogP contribution < -0.4 is 5.73 Å². The van der Waals surface area contributed by atoms with Crippen LogP contribution in [0.25, 0.3) is 0 Å². The highest BCUT2D eigenvalue weighted by Crippen LogP contribution is 2.38. The van der Waals surface area contributed by atoms with Crippen LogP contribution in [0.4, 0.5) is 0 Å².